The average Bonchev–Trinajstić information content (AvgIpc) is 2.79. The molecule has 0 rings (SSSR count). The number of carbonyl (C=O) groups is 2. The number of hydrogen-bond acceptors (Lipinski definition) is 10. The van der Waals surface area contributed by atoms with Crippen LogP contribution >= 0.6 is 48.0 Å². The Balaban J connectivity index is 0. The molecule has 0 aliphatic carbocycles. The summed E-state index contributed by atoms with van der Waals surface area (Å²) in [6.45, 7) is 13.5. The summed E-state index contributed by atoms with van der Waals surface area (Å²) in [6.07, 6.45) is 6.18. The molecule has 0 aromatic rings. The zero-order chi connectivity index (χ0) is 26.2. The van der Waals surface area contributed by atoms with Gasteiger partial charge in [0.1, 0.15) is 0 Å². The molecule has 2 unspecified atom stereocenters. The van der Waals surface area contributed by atoms with Crippen molar-refractivity contribution in [3.8, 4) is 0 Å². The molecular formula is C24H44O6S4. The van der Waals surface area contributed by atoms with E-state index in [4.69, 9.17) is 43.4 Å². The fourth-order valence-corrected chi connectivity index (χ4v) is 5.44. The van der Waals surface area contributed by atoms with Gasteiger partial charge in [0.2, 0.25) is 8.77 Å². The highest BCUT2D eigenvalue weighted by Gasteiger charge is 2.21. The van der Waals surface area contributed by atoms with Gasteiger partial charge in [0.05, 0.1) is 26.4 Å². The summed E-state index contributed by atoms with van der Waals surface area (Å²) in [7, 11) is 0. The second kappa shape index (κ2) is 25.5. The highest BCUT2D eigenvalue weighted by Crippen LogP contribution is 2.30. The average molecular weight is 557 g/mol. The van der Waals surface area contributed by atoms with Crippen molar-refractivity contribution in [2.24, 2.45) is 0 Å². The summed E-state index contributed by atoms with van der Waals surface area (Å²) in [5.41, 5.74) is 0. The first kappa shape index (κ1) is 35.6. The van der Waals surface area contributed by atoms with Gasteiger partial charge in [0.25, 0.3) is 0 Å². The molecule has 0 heterocycles. The standard InChI is InChI=1S/C20H34O6S4.C4H10/c1-5-23-17(21)13-11-15(29-19(27)25-7-3)9-10-16(30-20(28)26-8-4)12-14-18(22)24-6-2;1-3-4-2/h15-16H,5-14H2,1-4H3;3-4H2,1-2H3. The summed E-state index contributed by atoms with van der Waals surface area (Å²) >= 11 is 13.5. The van der Waals surface area contributed by atoms with Crippen molar-refractivity contribution in [3.05, 3.63) is 0 Å². The second-order valence-electron chi connectivity index (χ2n) is 7.11. The van der Waals surface area contributed by atoms with Crippen molar-refractivity contribution in [2.75, 3.05) is 26.4 Å². The number of carbonyl (C=O) groups excluding carboxylic acids is 2. The normalized spacial score (nSPS) is 11.9. The van der Waals surface area contributed by atoms with Crippen LogP contribution in [0.5, 0.6) is 0 Å². The van der Waals surface area contributed by atoms with Gasteiger partial charge in [-0.15, -0.1) is 0 Å². The molecule has 0 bridgehead atoms. The molecule has 0 aliphatic rings. The number of hydrogen-bond donors (Lipinski definition) is 0. The van der Waals surface area contributed by atoms with E-state index >= 15 is 0 Å². The Bertz CT molecular complexity index is 512. The predicted molar refractivity (Wildman–Crippen MR) is 153 cm³/mol. The van der Waals surface area contributed by atoms with Gasteiger partial charge in [0, 0.05) is 23.3 Å². The number of rotatable bonds is 16. The van der Waals surface area contributed by atoms with E-state index in [1.54, 1.807) is 13.8 Å². The third kappa shape index (κ3) is 23.2. The fourth-order valence-electron chi connectivity index (χ4n) is 2.50. The molecule has 0 fully saturated rings. The number of thioether (sulfide) groups is 2. The first-order chi connectivity index (χ1) is 16.3. The molecule has 0 saturated carbocycles. The van der Waals surface area contributed by atoms with Gasteiger partial charge in [-0.1, -0.05) is 50.2 Å². The highest BCUT2D eigenvalue weighted by atomic mass is 32.2. The van der Waals surface area contributed by atoms with E-state index in [0.29, 0.717) is 60.9 Å². The molecule has 0 spiro atoms. The summed E-state index contributed by atoms with van der Waals surface area (Å²) in [6, 6.07) is 0. The van der Waals surface area contributed by atoms with E-state index in [1.807, 2.05) is 13.8 Å². The molecule has 0 radical (unpaired) electrons. The Hall–Kier alpha value is -0.580. The largest absolute Gasteiger partial charge is 0.479 e. The minimum Gasteiger partial charge on any atom is -0.479 e. The molecule has 0 aromatic carbocycles. The van der Waals surface area contributed by atoms with Crippen LogP contribution in [0.4, 0.5) is 0 Å². The van der Waals surface area contributed by atoms with E-state index in [0.717, 1.165) is 12.8 Å². The van der Waals surface area contributed by atoms with Gasteiger partial charge < -0.3 is 18.9 Å². The SMILES string of the molecule is CCCC.CCOC(=O)CCC(CCC(CCC(=O)OCC)SC(=S)OCC)SC(=S)OCC. The van der Waals surface area contributed by atoms with Crippen LogP contribution in [0.1, 0.15) is 92.9 Å². The lowest BCUT2D eigenvalue weighted by Crippen LogP contribution is -2.17. The molecule has 0 saturated heterocycles. The van der Waals surface area contributed by atoms with E-state index in [2.05, 4.69) is 13.8 Å². The van der Waals surface area contributed by atoms with Crippen molar-refractivity contribution in [1.29, 1.82) is 0 Å². The summed E-state index contributed by atoms with van der Waals surface area (Å²) in [4.78, 5) is 23.5. The third-order valence-electron chi connectivity index (χ3n) is 4.31. The minimum absolute atomic E-state index is 0.111. The summed E-state index contributed by atoms with van der Waals surface area (Å²) in [5, 5.41) is 0.222. The number of unbranched alkanes of at least 4 members (excludes halogenated alkanes) is 1. The van der Waals surface area contributed by atoms with Gasteiger partial charge in [-0.05, 0) is 77.8 Å². The molecular weight excluding hydrogens is 513 g/mol. The van der Waals surface area contributed by atoms with Gasteiger partial charge in [-0.2, -0.15) is 0 Å². The molecule has 2 atom stereocenters. The smallest absolute Gasteiger partial charge is 0.305 e. The van der Waals surface area contributed by atoms with E-state index in [1.165, 1.54) is 36.4 Å². The molecule has 10 heteroatoms. The molecule has 200 valence electrons. The van der Waals surface area contributed by atoms with Gasteiger partial charge >= 0.3 is 11.9 Å². The van der Waals surface area contributed by atoms with Crippen LogP contribution < -0.4 is 0 Å². The highest BCUT2D eigenvalue weighted by molar-refractivity contribution is 8.23. The number of thiocarbonyl (C=S) groups is 2. The number of esters is 2. The Morgan fingerprint density at radius 1 is 0.588 bits per heavy atom. The zero-order valence-corrected chi connectivity index (χ0v) is 25.0. The van der Waals surface area contributed by atoms with Gasteiger partial charge in [-0.25, -0.2) is 0 Å². The minimum atomic E-state index is -0.212. The monoisotopic (exact) mass is 556 g/mol. The van der Waals surface area contributed by atoms with Crippen LogP contribution in [-0.4, -0.2) is 57.6 Å². The Kier molecular flexibility index (Phi) is 26.7. The van der Waals surface area contributed by atoms with Crippen LogP contribution in [0.15, 0.2) is 0 Å². The van der Waals surface area contributed by atoms with Crippen LogP contribution in [0.3, 0.4) is 0 Å². The maximum Gasteiger partial charge on any atom is 0.305 e. The maximum atomic E-state index is 11.8. The fraction of sp³-hybridized carbons (Fsp3) is 0.833. The van der Waals surface area contributed by atoms with Crippen molar-refractivity contribution in [2.45, 2.75) is 103 Å². The Morgan fingerprint density at radius 2 is 0.912 bits per heavy atom. The topological polar surface area (TPSA) is 71.1 Å². The lowest BCUT2D eigenvalue weighted by Gasteiger charge is -2.21. The van der Waals surface area contributed by atoms with Crippen molar-refractivity contribution in [3.63, 3.8) is 0 Å². The lowest BCUT2D eigenvalue weighted by molar-refractivity contribution is -0.144. The van der Waals surface area contributed by atoms with E-state index in [9.17, 15) is 9.59 Å². The maximum absolute atomic E-state index is 11.8. The Morgan fingerprint density at radius 3 is 1.18 bits per heavy atom. The predicted octanol–water partition coefficient (Wildman–Crippen LogP) is 7.11. The van der Waals surface area contributed by atoms with Gasteiger partial charge in [-0.3, -0.25) is 9.59 Å². The van der Waals surface area contributed by atoms with E-state index < -0.39 is 0 Å². The first-order valence-electron chi connectivity index (χ1n) is 12.3. The Labute approximate surface area is 226 Å². The molecule has 6 nitrogen and oxygen atoms in total. The van der Waals surface area contributed by atoms with Crippen LogP contribution in [0.25, 0.3) is 0 Å². The van der Waals surface area contributed by atoms with E-state index in [-0.39, 0.29) is 22.4 Å². The molecule has 0 aliphatic heterocycles. The van der Waals surface area contributed by atoms with Crippen LogP contribution in [-0.2, 0) is 28.5 Å². The molecule has 0 amide bonds. The molecule has 34 heavy (non-hydrogen) atoms. The van der Waals surface area contributed by atoms with Crippen molar-refractivity contribution < 1.29 is 28.5 Å². The van der Waals surface area contributed by atoms with Crippen molar-refractivity contribution in [1.82, 2.24) is 0 Å². The lowest BCUT2D eigenvalue weighted by atomic mass is 10.1. The third-order valence-corrected chi connectivity index (χ3v) is 7.36. The van der Waals surface area contributed by atoms with Crippen LogP contribution in [0, 0.1) is 0 Å². The number of ether oxygens (including phenoxy) is 4. The zero-order valence-electron chi connectivity index (χ0n) is 21.7. The summed E-state index contributed by atoms with van der Waals surface area (Å²) in [5.74, 6) is -0.424. The van der Waals surface area contributed by atoms with Crippen LogP contribution in [0.2, 0.25) is 0 Å². The molecule has 0 N–H and O–H groups in total. The molecule has 0 aromatic heterocycles. The van der Waals surface area contributed by atoms with Crippen molar-refractivity contribution >= 4 is 68.7 Å². The second-order valence-corrected chi connectivity index (χ2v) is 10.9. The summed E-state index contributed by atoms with van der Waals surface area (Å²) < 4.78 is 21.8. The van der Waals surface area contributed by atoms with Gasteiger partial charge in [0.15, 0.2) is 0 Å². The quantitative estimate of drug-likeness (QED) is 0.145. The first-order valence-corrected chi connectivity index (χ1v) is 14.8.